The number of aryl methyl sites for hydroxylation is 1. The molecule has 1 aromatic heterocycles. The minimum Gasteiger partial charge on any atom is -0.493 e. The van der Waals surface area contributed by atoms with Crippen molar-refractivity contribution in [2.24, 2.45) is 5.73 Å². The summed E-state index contributed by atoms with van der Waals surface area (Å²) in [7, 11) is 0. The third-order valence-electron chi connectivity index (χ3n) is 4.38. The number of carbonyl (C=O) groups excluding carboxylic acids is 1. The molecular formula is C19H24FN5O2S. The number of anilines is 1. The Morgan fingerprint density at radius 3 is 2.86 bits per heavy atom. The Morgan fingerprint density at radius 1 is 1.43 bits per heavy atom. The molecule has 0 unspecified atom stereocenters. The molecule has 0 atom stereocenters. The van der Waals surface area contributed by atoms with Gasteiger partial charge in [-0.2, -0.15) is 4.37 Å². The molecule has 9 heteroatoms. The fraction of sp³-hybridized carbons (Fsp3) is 0.421. The molecule has 0 bridgehead atoms. The van der Waals surface area contributed by atoms with Gasteiger partial charge in [0.15, 0.2) is 0 Å². The van der Waals surface area contributed by atoms with Crippen LogP contribution in [0.5, 0.6) is 5.75 Å². The monoisotopic (exact) mass is 405 g/mol. The standard InChI is InChI=1S/C19H24FN5O2S/c1-13-22-18(28-24-13)23-19(26)25-8-5-14(6-9-25)11-15-3-4-16(12-17(15)20)27-10-2-7-21/h3-4,11-12H,2,5-10,21H2,1H3,(H,22,23,24,26). The minimum absolute atomic E-state index is 0.180. The van der Waals surface area contributed by atoms with E-state index in [2.05, 4.69) is 14.7 Å². The number of carbonyl (C=O) groups is 1. The molecule has 3 N–H and O–H groups in total. The van der Waals surface area contributed by atoms with Crippen LogP contribution in [0.4, 0.5) is 14.3 Å². The van der Waals surface area contributed by atoms with E-state index in [1.807, 2.05) is 6.08 Å². The van der Waals surface area contributed by atoms with E-state index < -0.39 is 0 Å². The van der Waals surface area contributed by atoms with Gasteiger partial charge in [0, 0.05) is 36.3 Å². The zero-order chi connectivity index (χ0) is 19.9. The van der Waals surface area contributed by atoms with E-state index in [0.29, 0.717) is 61.4 Å². The van der Waals surface area contributed by atoms with Crippen LogP contribution in [0.15, 0.2) is 23.8 Å². The number of hydrogen-bond acceptors (Lipinski definition) is 6. The maximum atomic E-state index is 14.3. The Balaban J connectivity index is 1.54. The smallest absolute Gasteiger partial charge is 0.323 e. The number of halogens is 1. The molecule has 1 saturated heterocycles. The lowest BCUT2D eigenvalue weighted by molar-refractivity contribution is 0.208. The molecule has 0 saturated carbocycles. The van der Waals surface area contributed by atoms with Crippen LogP contribution < -0.4 is 15.8 Å². The number of nitrogens with zero attached hydrogens (tertiary/aromatic N) is 3. The highest BCUT2D eigenvalue weighted by molar-refractivity contribution is 7.09. The van der Waals surface area contributed by atoms with Crippen LogP contribution >= 0.6 is 11.5 Å². The van der Waals surface area contributed by atoms with Crippen molar-refractivity contribution in [3.8, 4) is 5.75 Å². The molecule has 28 heavy (non-hydrogen) atoms. The average Bonchev–Trinajstić information content (AvgIpc) is 3.09. The van der Waals surface area contributed by atoms with Gasteiger partial charge in [0.05, 0.1) is 6.61 Å². The van der Waals surface area contributed by atoms with Gasteiger partial charge < -0.3 is 15.4 Å². The first-order chi connectivity index (χ1) is 13.5. The lowest BCUT2D eigenvalue weighted by atomic mass is 10.0. The van der Waals surface area contributed by atoms with Crippen LogP contribution in [0.3, 0.4) is 0 Å². The van der Waals surface area contributed by atoms with E-state index in [1.54, 1.807) is 24.0 Å². The van der Waals surface area contributed by atoms with E-state index >= 15 is 0 Å². The number of amides is 2. The minimum atomic E-state index is -0.315. The third kappa shape index (κ3) is 5.49. The normalized spacial score (nSPS) is 14.1. The Morgan fingerprint density at radius 2 is 2.21 bits per heavy atom. The van der Waals surface area contributed by atoms with Crippen molar-refractivity contribution in [2.45, 2.75) is 26.2 Å². The van der Waals surface area contributed by atoms with Crippen molar-refractivity contribution in [1.82, 2.24) is 14.3 Å². The van der Waals surface area contributed by atoms with Crippen molar-refractivity contribution in [1.29, 1.82) is 0 Å². The first kappa shape index (κ1) is 20.2. The van der Waals surface area contributed by atoms with Crippen LogP contribution in [0.25, 0.3) is 6.08 Å². The number of piperidine rings is 1. The summed E-state index contributed by atoms with van der Waals surface area (Å²) in [6, 6.07) is 4.70. The van der Waals surface area contributed by atoms with Gasteiger partial charge in [0.25, 0.3) is 0 Å². The van der Waals surface area contributed by atoms with Crippen LogP contribution in [0.2, 0.25) is 0 Å². The van der Waals surface area contributed by atoms with E-state index in [0.717, 1.165) is 23.5 Å². The summed E-state index contributed by atoms with van der Waals surface area (Å²) in [5.41, 5.74) is 7.07. The number of urea groups is 1. The summed E-state index contributed by atoms with van der Waals surface area (Å²) in [4.78, 5) is 18.2. The van der Waals surface area contributed by atoms with Crippen molar-refractivity contribution < 1.29 is 13.9 Å². The molecule has 2 aromatic rings. The quantitative estimate of drug-likeness (QED) is 0.718. The average molecular weight is 405 g/mol. The van der Waals surface area contributed by atoms with Crippen molar-refractivity contribution in [2.75, 3.05) is 31.6 Å². The van der Waals surface area contributed by atoms with Crippen LogP contribution in [0, 0.1) is 12.7 Å². The summed E-state index contributed by atoms with van der Waals surface area (Å²) >= 11 is 1.16. The lowest BCUT2D eigenvalue weighted by Crippen LogP contribution is -2.39. The zero-order valence-electron chi connectivity index (χ0n) is 15.8. The molecule has 2 amide bonds. The van der Waals surface area contributed by atoms with Gasteiger partial charge in [-0.25, -0.2) is 14.2 Å². The molecule has 3 rings (SSSR count). The molecule has 2 heterocycles. The first-order valence-corrected chi connectivity index (χ1v) is 10.0. The Kier molecular flexibility index (Phi) is 6.94. The first-order valence-electron chi connectivity index (χ1n) is 9.23. The number of likely N-dealkylation sites (tertiary alicyclic amines) is 1. The topological polar surface area (TPSA) is 93.4 Å². The van der Waals surface area contributed by atoms with Gasteiger partial charge in [-0.05, 0) is 44.9 Å². The van der Waals surface area contributed by atoms with Gasteiger partial charge in [0.1, 0.15) is 17.4 Å². The summed E-state index contributed by atoms with van der Waals surface area (Å²) in [5.74, 6) is 0.832. The molecular weight excluding hydrogens is 381 g/mol. The van der Waals surface area contributed by atoms with Crippen LogP contribution in [-0.2, 0) is 0 Å². The predicted octanol–water partition coefficient (Wildman–Crippen LogP) is 3.42. The molecule has 0 radical (unpaired) electrons. The molecule has 0 aliphatic carbocycles. The van der Waals surface area contributed by atoms with Gasteiger partial charge in [0.2, 0.25) is 5.13 Å². The van der Waals surface area contributed by atoms with E-state index in [4.69, 9.17) is 10.5 Å². The Hall–Kier alpha value is -2.52. The highest BCUT2D eigenvalue weighted by Gasteiger charge is 2.20. The number of benzene rings is 1. The van der Waals surface area contributed by atoms with Crippen molar-refractivity contribution in [3.05, 3.63) is 41.0 Å². The Bertz CT molecular complexity index is 845. The predicted molar refractivity (Wildman–Crippen MR) is 108 cm³/mol. The third-order valence-corrected chi connectivity index (χ3v) is 5.10. The second-order valence-electron chi connectivity index (χ2n) is 6.54. The van der Waals surface area contributed by atoms with Gasteiger partial charge in [-0.15, -0.1) is 0 Å². The maximum Gasteiger partial charge on any atom is 0.323 e. The number of hydrogen-bond donors (Lipinski definition) is 2. The van der Waals surface area contributed by atoms with Crippen LogP contribution in [0.1, 0.15) is 30.7 Å². The molecule has 0 spiro atoms. The van der Waals surface area contributed by atoms with Gasteiger partial charge >= 0.3 is 6.03 Å². The molecule has 1 aliphatic heterocycles. The SMILES string of the molecule is Cc1nsc(NC(=O)N2CCC(=Cc3ccc(OCCCN)cc3F)CC2)n1. The highest BCUT2D eigenvalue weighted by atomic mass is 32.1. The van der Waals surface area contributed by atoms with Gasteiger partial charge in [-0.1, -0.05) is 11.6 Å². The molecule has 1 aliphatic rings. The fourth-order valence-electron chi connectivity index (χ4n) is 2.87. The van der Waals surface area contributed by atoms with E-state index in [1.165, 1.54) is 6.07 Å². The number of nitrogens with two attached hydrogens (primary N) is 1. The second kappa shape index (κ2) is 9.61. The summed E-state index contributed by atoms with van der Waals surface area (Å²) < 4.78 is 23.8. The fourth-order valence-corrected chi connectivity index (χ4v) is 3.43. The van der Waals surface area contributed by atoms with E-state index in [9.17, 15) is 9.18 Å². The molecule has 1 aromatic carbocycles. The highest BCUT2D eigenvalue weighted by Crippen LogP contribution is 2.24. The lowest BCUT2D eigenvalue weighted by Gasteiger charge is -2.28. The zero-order valence-corrected chi connectivity index (χ0v) is 16.6. The summed E-state index contributed by atoms with van der Waals surface area (Å²) in [6.45, 7) is 3.96. The summed E-state index contributed by atoms with van der Waals surface area (Å²) in [6.07, 6.45) is 4.01. The number of ether oxygens (including phenoxy) is 1. The summed E-state index contributed by atoms with van der Waals surface area (Å²) in [5, 5.41) is 3.26. The van der Waals surface area contributed by atoms with Crippen LogP contribution in [-0.4, -0.2) is 46.5 Å². The second-order valence-corrected chi connectivity index (χ2v) is 7.29. The number of nitrogens with one attached hydrogen (secondary N) is 1. The molecule has 150 valence electrons. The maximum absolute atomic E-state index is 14.3. The largest absolute Gasteiger partial charge is 0.493 e. The number of rotatable bonds is 6. The van der Waals surface area contributed by atoms with Crippen molar-refractivity contribution in [3.63, 3.8) is 0 Å². The van der Waals surface area contributed by atoms with Gasteiger partial charge in [-0.3, -0.25) is 5.32 Å². The molecule has 7 nitrogen and oxygen atoms in total. The molecule has 1 fully saturated rings. The van der Waals surface area contributed by atoms with Crippen molar-refractivity contribution >= 4 is 28.8 Å². The number of aromatic nitrogens is 2. The Labute approximate surface area is 167 Å². The van der Waals surface area contributed by atoms with E-state index in [-0.39, 0.29) is 11.8 Å².